The lowest BCUT2D eigenvalue weighted by Gasteiger charge is -2.33. The molecule has 0 radical (unpaired) electrons. The van der Waals surface area contributed by atoms with Crippen molar-refractivity contribution in [3.8, 4) is 0 Å². The van der Waals surface area contributed by atoms with Gasteiger partial charge >= 0.3 is 5.97 Å². The molecule has 0 rings (SSSR count). The summed E-state index contributed by atoms with van der Waals surface area (Å²) in [5, 5.41) is 8.98. The first kappa shape index (κ1) is 13.4. The van der Waals surface area contributed by atoms with E-state index in [2.05, 4.69) is 25.7 Å². The molecule has 0 heterocycles. The normalized spacial score (nSPS) is 14.9. The molecule has 0 aliphatic rings. The van der Waals surface area contributed by atoms with Crippen molar-refractivity contribution in [1.29, 1.82) is 0 Å². The Morgan fingerprint density at radius 1 is 1.36 bits per heavy atom. The van der Waals surface area contributed by atoms with Crippen molar-refractivity contribution in [1.82, 2.24) is 4.90 Å². The molecule has 14 heavy (non-hydrogen) atoms. The summed E-state index contributed by atoms with van der Waals surface area (Å²) in [6, 6.07) is 0.411. The van der Waals surface area contributed by atoms with Crippen molar-refractivity contribution in [3.63, 3.8) is 0 Å². The Balaban J connectivity index is 4.31. The fourth-order valence-electron chi connectivity index (χ4n) is 1.34. The monoisotopic (exact) mass is 201 g/mol. The number of hydrogen-bond acceptors (Lipinski definition) is 2. The highest BCUT2D eigenvalue weighted by atomic mass is 16.4. The maximum Gasteiger partial charge on any atom is 0.310 e. The average molecular weight is 201 g/mol. The topological polar surface area (TPSA) is 40.5 Å². The number of aliphatic carboxylic acids is 1. The van der Waals surface area contributed by atoms with Crippen LogP contribution in [0.25, 0.3) is 0 Å². The second-order valence-electron chi connectivity index (χ2n) is 5.09. The number of hydrogen-bond donors (Lipinski definition) is 1. The van der Waals surface area contributed by atoms with Crippen LogP contribution in [0.3, 0.4) is 0 Å². The summed E-state index contributed by atoms with van der Waals surface area (Å²) in [6.45, 7) is 10.5. The SMILES string of the molecule is CC(C)C(C)N(C)CC(C)(C)C(=O)O. The lowest BCUT2D eigenvalue weighted by atomic mass is 9.92. The predicted octanol–water partition coefficient (Wildman–Crippen LogP) is 2.07. The smallest absolute Gasteiger partial charge is 0.310 e. The lowest BCUT2D eigenvalue weighted by molar-refractivity contribution is -0.148. The van der Waals surface area contributed by atoms with Crippen molar-refractivity contribution in [2.45, 2.75) is 40.7 Å². The molecule has 0 spiro atoms. The van der Waals surface area contributed by atoms with E-state index in [4.69, 9.17) is 5.11 Å². The third-order valence-corrected chi connectivity index (χ3v) is 2.88. The van der Waals surface area contributed by atoms with Gasteiger partial charge in [-0.1, -0.05) is 13.8 Å². The molecule has 0 saturated carbocycles. The maximum absolute atomic E-state index is 10.9. The Morgan fingerprint density at radius 3 is 2.07 bits per heavy atom. The van der Waals surface area contributed by atoms with Crippen LogP contribution in [0.2, 0.25) is 0 Å². The third kappa shape index (κ3) is 3.66. The molecule has 0 fully saturated rings. The first-order valence-corrected chi connectivity index (χ1v) is 5.12. The molecular weight excluding hydrogens is 178 g/mol. The third-order valence-electron chi connectivity index (χ3n) is 2.88. The van der Waals surface area contributed by atoms with Crippen LogP contribution in [0.5, 0.6) is 0 Å². The average Bonchev–Trinajstić information content (AvgIpc) is 2.01. The van der Waals surface area contributed by atoms with Gasteiger partial charge < -0.3 is 10.0 Å². The molecular formula is C11H23NO2. The van der Waals surface area contributed by atoms with Gasteiger partial charge in [-0.15, -0.1) is 0 Å². The van der Waals surface area contributed by atoms with Gasteiger partial charge in [-0.25, -0.2) is 0 Å². The van der Waals surface area contributed by atoms with Crippen LogP contribution in [0, 0.1) is 11.3 Å². The molecule has 0 saturated heterocycles. The largest absolute Gasteiger partial charge is 0.481 e. The summed E-state index contributed by atoms with van der Waals surface area (Å²) in [7, 11) is 1.98. The van der Waals surface area contributed by atoms with Crippen molar-refractivity contribution in [2.75, 3.05) is 13.6 Å². The molecule has 3 heteroatoms. The number of carboxylic acids is 1. The van der Waals surface area contributed by atoms with E-state index >= 15 is 0 Å². The van der Waals surface area contributed by atoms with Crippen molar-refractivity contribution in [3.05, 3.63) is 0 Å². The molecule has 0 aliphatic heterocycles. The van der Waals surface area contributed by atoms with E-state index in [1.807, 2.05) is 7.05 Å². The molecule has 1 unspecified atom stereocenters. The van der Waals surface area contributed by atoms with Gasteiger partial charge in [-0.2, -0.15) is 0 Å². The molecule has 84 valence electrons. The highest BCUT2D eigenvalue weighted by Crippen LogP contribution is 2.19. The van der Waals surface area contributed by atoms with Gasteiger partial charge in [0.1, 0.15) is 0 Å². The molecule has 0 aromatic rings. The summed E-state index contributed by atoms with van der Waals surface area (Å²) in [6.07, 6.45) is 0. The summed E-state index contributed by atoms with van der Waals surface area (Å²) in [4.78, 5) is 13.0. The standard InChI is InChI=1S/C11H23NO2/c1-8(2)9(3)12(6)7-11(4,5)10(13)14/h8-9H,7H2,1-6H3,(H,13,14). The molecule has 0 amide bonds. The van der Waals surface area contributed by atoms with Crippen molar-refractivity contribution < 1.29 is 9.90 Å². The minimum Gasteiger partial charge on any atom is -0.481 e. The Hall–Kier alpha value is -0.570. The van der Waals surface area contributed by atoms with Gasteiger partial charge in [0.05, 0.1) is 5.41 Å². The van der Waals surface area contributed by atoms with E-state index in [0.717, 1.165) is 0 Å². The minimum absolute atomic E-state index is 0.411. The second-order valence-corrected chi connectivity index (χ2v) is 5.09. The predicted molar refractivity (Wildman–Crippen MR) is 58.3 cm³/mol. The first-order valence-electron chi connectivity index (χ1n) is 5.12. The second kappa shape index (κ2) is 4.78. The minimum atomic E-state index is -0.736. The summed E-state index contributed by atoms with van der Waals surface area (Å²) in [5.74, 6) is -0.190. The zero-order valence-corrected chi connectivity index (χ0v) is 10.2. The van der Waals surface area contributed by atoms with Crippen LogP contribution < -0.4 is 0 Å². The maximum atomic E-state index is 10.9. The lowest BCUT2D eigenvalue weighted by Crippen LogP contribution is -2.43. The van der Waals surface area contributed by atoms with E-state index in [1.54, 1.807) is 13.8 Å². The zero-order valence-electron chi connectivity index (χ0n) is 10.2. The fraction of sp³-hybridized carbons (Fsp3) is 0.909. The molecule has 0 aliphatic carbocycles. The van der Waals surface area contributed by atoms with E-state index in [1.165, 1.54) is 0 Å². The highest BCUT2D eigenvalue weighted by molar-refractivity contribution is 5.73. The quantitative estimate of drug-likeness (QED) is 0.740. The van der Waals surface area contributed by atoms with Gasteiger partial charge in [0.25, 0.3) is 0 Å². The zero-order chi connectivity index (χ0) is 11.5. The van der Waals surface area contributed by atoms with Gasteiger partial charge in [-0.05, 0) is 33.7 Å². The summed E-state index contributed by atoms with van der Waals surface area (Å²) < 4.78 is 0. The molecule has 3 nitrogen and oxygen atoms in total. The highest BCUT2D eigenvalue weighted by Gasteiger charge is 2.30. The van der Waals surface area contributed by atoms with Gasteiger partial charge in [0, 0.05) is 12.6 Å². The molecule has 1 atom stereocenters. The number of carboxylic acid groups (broad SMARTS) is 1. The Labute approximate surface area is 87.1 Å². The summed E-state index contributed by atoms with van der Waals surface area (Å²) >= 11 is 0. The number of rotatable bonds is 5. The Bertz CT molecular complexity index is 199. The van der Waals surface area contributed by atoms with E-state index in [0.29, 0.717) is 18.5 Å². The van der Waals surface area contributed by atoms with Crippen LogP contribution in [-0.4, -0.2) is 35.6 Å². The van der Waals surface area contributed by atoms with Gasteiger partial charge in [0.2, 0.25) is 0 Å². The molecule has 1 N–H and O–H groups in total. The van der Waals surface area contributed by atoms with E-state index < -0.39 is 11.4 Å². The van der Waals surface area contributed by atoms with Crippen molar-refractivity contribution >= 4 is 5.97 Å². The first-order chi connectivity index (χ1) is 6.18. The molecule has 0 aromatic heterocycles. The van der Waals surface area contributed by atoms with Crippen LogP contribution in [0.1, 0.15) is 34.6 Å². The number of carbonyl (C=O) groups is 1. The fourth-order valence-corrected chi connectivity index (χ4v) is 1.34. The Kier molecular flexibility index (Phi) is 4.59. The van der Waals surface area contributed by atoms with Crippen LogP contribution in [0.15, 0.2) is 0 Å². The molecule has 0 bridgehead atoms. The summed E-state index contributed by atoms with van der Waals surface area (Å²) in [5.41, 5.74) is -0.669. The van der Waals surface area contributed by atoms with Crippen LogP contribution >= 0.6 is 0 Å². The Morgan fingerprint density at radius 2 is 1.79 bits per heavy atom. The van der Waals surface area contributed by atoms with Gasteiger partial charge in [0.15, 0.2) is 0 Å². The van der Waals surface area contributed by atoms with E-state index in [9.17, 15) is 4.79 Å². The van der Waals surface area contributed by atoms with E-state index in [-0.39, 0.29) is 0 Å². The van der Waals surface area contributed by atoms with Crippen LogP contribution in [0.4, 0.5) is 0 Å². The van der Waals surface area contributed by atoms with Gasteiger partial charge in [-0.3, -0.25) is 4.79 Å². The number of nitrogens with zero attached hydrogens (tertiary/aromatic N) is 1. The van der Waals surface area contributed by atoms with Crippen LogP contribution in [-0.2, 0) is 4.79 Å². The molecule has 0 aromatic carbocycles. The van der Waals surface area contributed by atoms with Crippen molar-refractivity contribution in [2.24, 2.45) is 11.3 Å².